The highest BCUT2D eigenvalue weighted by Gasteiger charge is 2.05. The number of nitrogens with one attached hydrogen (secondary N) is 1. The third-order valence-electron chi connectivity index (χ3n) is 3.19. The molecule has 0 aliphatic heterocycles. The summed E-state index contributed by atoms with van der Waals surface area (Å²) in [6, 6.07) is 15.1. The molecule has 0 radical (unpaired) electrons. The van der Waals surface area contributed by atoms with Gasteiger partial charge in [-0.2, -0.15) is 0 Å². The summed E-state index contributed by atoms with van der Waals surface area (Å²) >= 11 is 0. The zero-order chi connectivity index (χ0) is 16.7. The highest BCUT2D eigenvalue weighted by molar-refractivity contribution is 5.92. The van der Waals surface area contributed by atoms with Gasteiger partial charge in [0.25, 0.3) is 5.91 Å². The molecule has 1 amide bonds. The predicted octanol–water partition coefficient (Wildman–Crippen LogP) is 4.05. The van der Waals surface area contributed by atoms with Crippen molar-refractivity contribution < 1.29 is 14.3 Å². The normalized spacial score (nSPS) is 10.4. The maximum absolute atomic E-state index is 12.0. The van der Waals surface area contributed by atoms with Crippen molar-refractivity contribution in [2.24, 2.45) is 0 Å². The van der Waals surface area contributed by atoms with Gasteiger partial charge in [0, 0.05) is 11.8 Å². The molecule has 122 valence electrons. The lowest BCUT2D eigenvalue weighted by Gasteiger charge is -2.12. The Labute approximate surface area is 137 Å². The van der Waals surface area contributed by atoms with Crippen molar-refractivity contribution in [1.29, 1.82) is 0 Å². The Bertz CT molecular complexity index is 635. The second-order valence-electron chi connectivity index (χ2n) is 5.53. The first-order valence-corrected chi connectivity index (χ1v) is 7.85. The number of carbonyl (C=O) groups excluding carboxylic acids is 1. The summed E-state index contributed by atoms with van der Waals surface area (Å²) < 4.78 is 11.1. The van der Waals surface area contributed by atoms with Crippen molar-refractivity contribution in [2.75, 3.05) is 11.9 Å². The van der Waals surface area contributed by atoms with Gasteiger partial charge in [0.2, 0.25) is 0 Å². The largest absolute Gasteiger partial charge is 0.491 e. The van der Waals surface area contributed by atoms with Gasteiger partial charge in [0.15, 0.2) is 6.61 Å². The van der Waals surface area contributed by atoms with Gasteiger partial charge >= 0.3 is 0 Å². The van der Waals surface area contributed by atoms with E-state index in [0.29, 0.717) is 11.4 Å². The predicted molar refractivity (Wildman–Crippen MR) is 92.2 cm³/mol. The van der Waals surface area contributed by atoms with Crippen molar-refractivity contribution >= 4 is 11.6 Å². The van der Waals surface area contributed by atoms with Crippen molar-refractivity contribution in [1.82, 2.24) is 0 Å². The maximum atomic E-state index is 12.0. The lowest BCUT2D eigenvalue weighted by molar-refractivity contribution is -0.118. The van der Waals surface area contributed by atoms with Crippen LogP contribution in [0.4, 0.5) is 5.69 Å². The van der Waals surface area contributed by atoms with Gasteiger partial charge in [-0.1, -0.05) is 25.1 Å². The Kier molecular flexibility index (Phi) is 6.03. The molecule has 0 aromatic heterocycles. The Morgan fingerprint density at radius 2 is 1.83 bits per heavy atom. The molecule has 0 aliphatic rings. The van der Waals surface area contributed by atoms with E-state index in [9.17, 15) is 4.79 Å². The van der Waals surface area contributed by atoms with Crippen molar-refractivity contribution in [3.05, 3.63) is 54.1 Å². The summed E-state index contributed by atoms with van der Waals surface area (Å²) in [5.74, 6) is 1.22. The van der Waals surface area contributed by atoms with Crippen molar-refractivity contribution in [2.45, 2.75) is 33.3 Å². The van der Waals surface area contributed by atoms with E-state index >= 15 is 0 Å². The smallest absolute Gasteiger partial charge is 0.262 e. The first kappa shape index (κ1) is 16.9. The minimum Gasteiger partial charge on any atom is -0.491 e. The first-order valence-electron chi connectivity index (χ1n) is 7.85. The molecule has 1 N–H and O–H groups in total. The number of hydrogen-bond donors (Lipinski definition) is 1. The zero-order valence-electron chi connectivity index (χ0n) is 13.8. The van der Waals surface area contributed by atoms with E-state index in [1.54, 1.807) is 6.07 Å². The lowest BCUT2D eigenvalue weighted by Crippen LogP contribution is -2.20. The Morgan fingerprint density at radius 3 is 2.48 bits per heavy atom. The highest BCUT2D eigenvalue weighted by atomic mass is 16.5. The van der Waals surface area contributed by atoms with Gasteiger partial charge in [0.05, 0.1) is 6.10 Å². The quantitative estimate of drug-likeness (QED) is 0.838. The molecular weight excluding hydrogens is 290 g/mol. The Hall–Kier alpha value is -2.49. The monoisotopic (exact) mass is 313 g/mol. The molecule has 0 saturated carbocycles. The molecule has 0 spiro atoms. The topological polar surface area (TPSA) is 47.6 Å². The van der Waals surface area contributed by atoms with Crippen LogP contribution >= 0.6 is 0 Å². The summed E-state index contributed by atoms with van der Waals surface area (Å²) in [7, 11) is 0. The third-order valence-corrected chi connectivity index (χ3v) is 3.19. The molecule has 0 bridgehead atoms. The molecule has 0 aliphatic carbocycles. The number of amides is 1. The van der Waals surface area contributed by atoms with Gasteiger partial charge in [-0.3, -0.25) is 4.79 Å². The van der Waals surface area contributed by atoms with Crippen LogP contribution in [0.5, 0.6) is 11.5 Å². The zero-order valence-corrected chi connectivity index (χ0v) is 13.8. The second kappa shape index (κ2) is 8.22. The van der Waals surface area contributed by atoms with Crippen LogP contribution in [0.15, 0.2) is 48.5 Å². The number of aryl methyl sites for hydroxylation is 1. The van der Waals surface area contributed by atoms with Crippen LogP contribution < -0.4 is 14.8 Å². The summed E-state index contributed by atoms with van der Waals surface area (Å²) in [6.45, 7) is 5.99. The van der Waals surface area contributed by atoms with E-state index in [1.807, 2.05) is 56.3 Å². The van der Waals surface area contributed by atoms with E-state index in [1.165, 1.54) is 5.56 Å². The molecule has 0 fully saturated rings. The molecule has 23 heavy (non-hydrogen) atoms. The number of ether oxygens (including phenoxy) is 2. The molecule has 4 heteroatoms. The van der Waals surface area contributed by atoms with Gasteiger partial charge in [-0.15, -0.1) is 0 Å². The summed E-state index contributed by atoms with van der Waals surface area (Å²) in [4.78, 5) is 12.0. The van der Waals surface area contributed by atoms with Crippen LogP contribution in [0.3, 0.4) is 0 Å². The van der Waals surface area contributed by atoms with Crippen LogP contribution in [0.1, 0.15) is 26.3 Å². The number of benzene rings is 2. The van der Waals surface area contributed by atoms with Crippen LogP contribution in [0, 0.1) is 0 Å². The van der Waals surface area contributed by atoms with E-state index in [0.717, 1.165) is 12.2 Å². The highest BCUT2D eigenvalue weighted by Crippen LogP contribution is 2.18. The average molecular weight is 313 g/mol. The van der Waals surface area contributed by atoms with Crippen LogP contribution in [0.25, 0.3) is 0 Å². The summed E-state index contributed by atoms with van der Waals surface area (Å²) in [5, 5.41) is 2.80. The van der Waals surface area contributed by atoms with E-state index < -0.39 is 0 Å². The molecule has 2 aromatic carbocycles. The molecule has 2 rings (SSSR count). The maximum Gasteiger partial charge on any atom is 0.262 e. The van der Waals surface area contributed by atoms with E-state index in [4.69, 9.17) is 9.47 Å². The lowest BCUT2D eigenvalue weighted by atomic mass is 10.2. The number of carbonyl (C=O) groups is 1. The summed E-state index contributed by atoms with van der Waals surface area (Å²) in [6.07, 6.45) is 1.07. The van der Waals surface area contributed by atoms with Crippen molar-refractivity contribution in [3.8, 4) is 11.5 Å². The molecule has 0 saturated heterocycles. The average Bonchev–Trinajstić information content (AvgIpc) is 2.53. The van der Waals surface area contributed by atoms with Gasteiger partial charge in [-0.05, 0) is 50.1 Å². The fourth-order valence-corrected chi connectivity index (χ4v) is 2.09. The fraction of sp³-hybridized carbons (Fsp3) is 0.316. The Balaban J connectivity index is 1.86. The van der Waals surface area contributed by atoms with Crippen LogP contribution in [-0.2, 0) is 11.2 Å². The molecular formula is C19H23NO3. The number of rotatable bonds is 7. The van der Waals surface area contributed by atoms with Crippen LogP contribution in [0.2, 0.25) is 0 Å². The van der Waals surface area contributed by atoms with E-state index in [-0.39, 0.29) is 18.6 Å². The van der Waals surface area contributed by atoms with Crippen molar-refractivity contribution in [3.63, 3.8) is 0 Å². The van der Waals surface area contributed by atoms with Gasteiger partial charge in [-0.25, -0.2) is 0 Å². The van der Waals surface area contributed by atoms with Gasteiger partial charge < -0.3 is 14.8 Å². The van der Waals surface area contributed by atoms with E-state index in [2.05, 4.69) is 12.2 Å². The van der Waals surface area contributed by atoms with Gasteiger partial charge in [0.1, 0.15) is 11.5 Å². The summed E-state index contributed by atoms with van der Waals surface area (Å²) in [5.41, 5.74) is 1.93. The molecule has 2 aromatic rings. The minimum absolute atomic E-state index is 0.0270. The SMILES string of the molecule is CCc1ccc(OCC(=O)Nc2cccc(OC(C)C)c2)cc1. The number of anilines is 1. The molecule has 0 heterocycles. The molecule has 4 nitrogen and oxygen atoms in total. The molecule has 0 atom stereocenters. The number of hydrogen-bond acceptors (Lipinski definition) is 3. The second-order valence-corrected chi connectivity index (χ2v) is 5.53. The third kappa shape index (κ3) is 5.66. The van der Waals surface area contributed by atoms with Crippen LogP contribution in [-0.4, -0.2) is 18.6 Å². The first-order chi connectivity index (χ1) is 11.1. The Morgan fingerprint density at radius 1 is 1.09 bits per heavy atom. The fourth-order valence-electron chi connectivity index (χ4n) is 2.09. The minimum atomic E-state index is -0.203. The standard InChI is InChI=1S/C19H23NO3/c1-4-15-8-10-17(11-9-15)22-13-19(21)20-16-6-5-7-18(12-16)23-14(2)3/h5-12,14H,4,13H2,1-3H3,(H,20,21). The molecule has 0 unspecified atom stereocenters.